The first-order valence-corrected chi connectivity index (χ1v) is 13.5. The second kappa shape index (κ2) is 12.4. The van der Waals surface area contributed by atoms with E-state index in [0.29, 0.717) is 13.0 Å². The number of rotatable bonds is 11. The zero-order valence-corrected chi connectivity index (χ0v) is 22.1. The number of halogens is 2. The number of anilines is 1. The highest BCUT2D eigenvalue weighted by molar-refractivity contribution is 7.92. The van der Waals surface area contributed by atoms with Crippen molar-refractivity contribution in [2.45, 2.75) is 33.2 Å². The average molecular weight is 529 g/mol. The fourth-order valence-electron chi connectivity index (χ4n) is 3.30. The standard InChI is InChI=1S/C24H31Cl2N3O4S/c1-17(2)15-27-24(31)18(3)28(14-13-19-9-6-5-7-10-19)22(30)16-29(34(4,32)33)21-12-8-11-20(25)23(21)26/h5-12,17-18H,13-16H2,1-4H3,(H,27,31)/t18-/m0/s1. The van der Waals surface area contributed by atoms with Crippen LogP contribution in [0.15, 0.2) is 48.5 Å². The van der Waals surface area contributed by atoms with Crippen molar-refractivity contribution in [3.63, 3.8) is 0 Å². The molecule has 0 heterocycles. The molecule has 0 aliphatic heterocycles. The Hall–Kier alpha value is -2.29. The van der Waals surface area contributed by atoms with Crippen LogP contribution in [0.25, 0.3) is 0 Å². The van der Waals surface area contributed by atoms with Crippen molar-refractivity contribution in [1.82, 2.24) is 10.2 Å². The van der Waals surface area contributed by atoms with Crippen LogP contribution in [0.2, 0.25) is 10.0 Å². The van der Waals surface area contributed by atoms with E-state index in [1.807, 2.05) is 44.2 Å². The average Bonchev–Trinajstić information content (AvgIpc) is 2.77. The molecule has 0 radical (unpaired) electrons. The van der Waals surface area contributed by atoms with Crippen molar-refractivity contribution in [2.75, 3.05) is 30.2 Å². The summed E-state index contributed by atoms with van der Waals surface area (Å²) in [6.45, 7) is 5.77. The number of nitrogens with one attached hydrogen (secondary N) is 1. The van der Waals surface area contributed by atoms with Crippen LogP contribution in [0.3, 0.4) is 0 Å². The quantitative estimate of drug-likeness (QED) is 0.478. The molecular weight excluding hydrogens is 497 g/mol. The fourth-order valence-corrected chi connectivity index (χ4v) is 4.60. The molecule has 186 valence electrons. The summed E-state index contributed by atoms with van der Waals surface area (Å²) in [6, 6.07) is 13.3. The highest BCUT2D eigenvalue weighted by Crippen LogP contribution is 2.33. The molecule has 10 heteroatoms. The smallest absolute Gasteiger partial charge is 0.244 e. The lowest BCUT2D eigenvalue weighted by Crippen LogP contribution is -2.52. The third kappa shape index (κ3) is 7.89. The SMILES string of the molecule is CC(C)CNC(=O)[C@H](C)N(CCc1ccccc1)C(=O)CN(c1cccc(Cl)c1Cl)S(C)(=O)=O. The van der Waals surface area contributed by atoms with Gasteiger partial charge in [-0.1, -0.05) is 73.4 Å². The number of hydrogen-bond donors (Lipinski definition) is 1. The predicted molar refractivity (Wildman–Crippen MR) is 138 cm³/mol. The molecule has 0 aromatic heterocycles. The van der Waals surface area contributed by atoms with Crippen LogP contribution in [0.5, 0.6) is 0 Å². The zero-order chi connectivity index (χ0) is 25.5. The Morgan fingerprint density at radius 2 is 1.65 bits per heavy atom. The number of sulfonamides is 1. The lowest BCUT2D eigenvalue weighted by molar-refractivity contribution is -0.138. The van der Waals surface area contributed by atoms with Gasteiger partial charge in [0.1, 0.15) is 12.6 Å². The maximum Gasteiger partial charge on any atom is 0.244 e. The van der Waals surface area contributed by atoms with Crippen molar-refractivity contribution in [1.29, 1.82) is 0 Å². The number of benzene rings is 2. The summed E-state index contributed by atoms with van der Waals surface area (Å²) in [7, 11) is -3.88. The van der Waals surface area contributed by atoms with Gasteiger partial charge in [-0.3, -0.25) is 13.9 Å². The van der Waals surface area contributed by atoms with Gasteiger partial charge in [-0.05, 0) is 37.0 Å². The zero-order valence-electron chi connectivity index (χ0n) is 19.8. The molecule has 0 saturated carbocycles. The van der Waals surface area contributed by atoms with Gasteiger partial charge in [0, 0.05) is 13.1 Å². The summed E-state index contributed by atoms with van der Waals surface area (Å²) in [5.74, 6) is -0.582. The van der Waals surface area contributed by atoms with Crippen LogP contribution in [-0.2, 0) is 26.0 Å². The van der Waals surface area contributed by atoms with Crippen LogP contribution in [0.1, 0.15) is 26.3 Å². The molecule has 0 spiro atoms. The molecule has 1 atom stereocenters. The minimum atomic E-state index is -3.88. The monoisotopic (exact) mass is 527 g/mol. The molecule has 0 unspecified atom stereocenters. The Morgan fingerprint density at radius 1 is 1.00 bits per heavy atom. The molecule has 0 aliphatic carbocycles. The third-order valence-corrected chi connectivity index (χ3v) is 7.15. The normalized spacial score (nSPS) is 12.3. The molecule has 0 fully saturated rings. The first kappa shape index (κ1) is 28.0. The highest BCUT2D eigenvalue weighted by Gasteiger charge is 2.30. The molecule has 34 heavy (non-hydrogen) atoms. The van der Waals surface area contributed by atoms with Crippen molar-refractivity contribution in [3.8, 4) is 0 Å². The van der Waals surface area contributed by atoms with Crippen molar-refractivity contribution in [2.24, 2.45) is 5.92 Å². The van der Waals surface area contributed by atoms with Crippen LogP contribution in [0.4, 0.5) is 5.69 Å². The molecule has 0 saturated heterocycles. The molecule has 1 N–H and O–H groups in total. The van der Waals surface area contributed by atoms with E-state index in [9.17, 15) is 18.0 Å². The van der Waals surface area contributed by atoms with E-state index in [4.69, 9.17) is 23.2 Å². The first-order valence-electron chi connectivity index (χ1n) is 10.9. The van der Waals surface area contributed by atoms with Crippen LogP contribution in [0, 0.1) is 5.92 Å². The maximum atomic E-state index is 13.4. The fraction of sp³-hybridized carbons (Fsp3) is 0.417. The minimum absolute atomic E-state index is 0.0287. The van der Waals surface area contributed by atoms with Crippen molar-refractivity contribution < 1.29 is 18.0 Å². The number of carbonyl (C=O) groups is 2. The number of nitrogens with zero attached hydrogens (tertiary/aromatic N) is 2. The third-order valence-electron chi connectivity index (χ3n) is 5.22. The Labute approximate surface area is 212 Å². The van der Waals surface area contributed by atoms with E-state index < -0.39 is 28.5 Å². The van der Waals surface area contributed by atoms with Gasteiger partial charge in [-0.25, -0.2) is 8.42 Å². The van der Waals surface area contributed by atoms with Crippen molar-refractivity contribution in [3.05, 3.63) is 64.1 Å². The summed E-state index contributed by atoms with van der Waals surface area (Å²) in [5, 5.41) is 3.04. The topological polar surface area (TPSA) is 86.8 Å². The van der Waals surface area contributed by atoms with Crippen LogP contribution < -0.4 is 9.62 Å². The van der Waals surface area contributed by atoms with Crippen LogP contribution >= 0.6 is 23.2 Å². The van der Waals surface area contributed by atoms with E-state index in [1.54, 1.807) is 13.0 Å². The predicted octanol–water partition coefficient (Wildman–Crippen LogP) is 3.99. The van der Waals surface area contributed by atoms with Gasteiger partial charge >= 0.3 is 0 Å². The Balaban J connectivity index is 2.33. The molecule has 2 amide bonds. The summed E-state index contributed by atoms with van der Waals surface area (Å²) >= 11 is 12.3. The van der Waals surface area contributed by atoms with E-state index in [2.05, 4.69) is 5.32 Å². The first-order chi connectivity index (χ1) is 15.9. The van der Waals surface area contributed by atoms with E-state index in [0.717, 1.165) is 16.1 Å². The van der Waals surface area contributed by atoms with E-state index in [-0.39, 0.29) is 34.1 Å². The number of hydrogen-bond acceptors (Lipinski definition) is 4. The molecule has 2 aromatic rings. The van der Waals surface area contributed by atoms with Gasteiger partial charge in [-0.15, -0.1) is 0 Å². The molecule has 0 aliphatic rings. The van der Waals surface area contributed by atoms with Gasteiger partial charge in [0.15, 0.2) is 0 Å². The summed E-state index contributed by atoms with van der Waals surface area (Å²) in [5.41, 5.74) is 1.10. The lowest BCUT2D eigenvalue weighted by atomic mass is 10.1. The number of carbonyl (C=O) groups excluding carboxylic acids is 2. The molecule has 0 bridgehead atoms. The van der Waals surface area contributed by atoms with E-state index in [1.165, 1.54) is 17.0 Å². The molecule has 2 rings (SSSR count). The molecular formula is C24H31Cl2N3O4S. The Bertz CT molecular complexity index is 1090. The van der Waals surface area contributed by atoms with Gasteiger partial charge in [0.2, 0.25) is 21.8 Å². The summed E-state index contributed by atoms with van der Waals surface area (Å²) in [6.07, 6.45) is 1.50. The van der Waals surface area contributed by atoms with Gasteiger partial charge in [0.05, 0.1) is 22.0 Å². The van der Waals surface area contributed by atoms with Gasteiger partial charge in [0.25, 0.3) is 0 Å². The van der Waals surface area contributed by atoms with E-state index >= 15 is 0 Å². The van der Waals surface area contributed by atoms with Crippen molar-refractivity contribution >= 4 is 50.7 Å². The van der Waals surface area contributed by atoms with Gasteiger partial charge < -0.3 is 10.2 Å². The summed E-state index contributed by atoms with van der Waals surface area (Å²) in [4.78, 5) is 27.6. The second-order valence-corrected chi connectivity index (χ2v) is 11.2. The Morgan fingerprint density at radius 3 is 2.24 bits per heavy atom. The largest absolute Gasteiger partial charge is 0.354 e. The second-order valence-electron chi connectivity index (χ2n) is 8.48. The lowest BCUT2D eigenvalue weighted by Gasteiger charge is -2.32. The van der Waals surface area contributed by atoms with Gasteiger partial charge in [-0.2, -0.15) is 0 Å². The Kier molecular flexibility index (Phi) is 10.2. The summed E-state index contributed by atoms with van der Waals surface area (Å²) < 4.78 is 26.1. The minimum Gasteiger partial charge on any atom is -0.354 e. The number of amides is 2. The molecule has 7 nitrogen and oxygen atoms in total. The maximum absolute atomic E-state index is 13.4. The molecule has 2 aromatic carbocycles. The highest BCUT2D eigenvalue weighted by atomic mass is 35.5. The van der Waals surface area contributed by atoms with Crippen LogP contribution in [-0.4, -0.2) is 57.1 Å².